The summed E-state index contributed by atoms with van der Waals surface area (Å²) < 4.78 is 0. The van der Waals surface area contributed by atoms with Crippen LogP contribution in [-0.2, 0) is 11.2 Å². The van der Waals surface area contributed by atoms with Crippen LogP contribution >= 0.6 is 0 Å². The molecule has 3 N–H and O–H groups in total. The summed E-state index contributed by atoms with van der Waals surface area (Å²) in [5.74, 6) is 0.349. The molecule has 6 heteroatoms. The number of carbonyl (C=O) groups excluding carboxylic acids is 2. The van der Waals surface area contributed by atoms with Crippen LogP contribution in [0.15, 0.2) is 42.5 Å². The molecule has 2 heterocycles. The lowest BCUT2D eigenvalue weighted by Gasteiger charge is -2.25. The highest BCUT2D eigenvalue weighted by Crippen LogP contribution is 2.20. The van der Waals surface area contributed by atoms with Gasteiger partial charge in [-0.15, -0.1) is 0 Å². The maximum atomic E-state index is 12.8. The van der Waals surface area contributed by atoms with Crippen LogP contribution in [0.5, 0.6) is 0 Å². The number of aromatic nitrogens is 1. The molecule has 1 aromatic heterocycles. The molecule has 1 atom stereocenters. The Balaban J connectivity index is 1.64. The second-order valence-electron chi connectivity index (χ2n) is 6.63. The Morgan fingerprint density at radius 1 is 1.23 bits per heavy atom. The number of nitrogens with zero attached hydrogens (tertiary/aromatic N) is 2. The van der Waals surface area contributed by atoms with E-state index in [0.29, 0.717) is 17.7 Å². The van der Waals surface area contributed by atoms with Crippen LogP contribution in [0.25, 0.3) is 0 Å². The highest BCUT2D eigenvalue weighted by molar-refractivity contribution is 5.95. The van der Waals surface area contributed by atoms with Crippen LogP contribution in [0.1, 0.15) is 34.5 Å². The topological polar surface area (TPSA) is 88.3 Å². The molecule has 0 radical (unpaired) electrons. The zero-order valence-corrected chi connectivity index (χ0v) is 14.9. The van der Waals surface area contributed by atoms with Gasteiger partial charge in [0.1, 0.15) is 5.82 Å². The molecule has 3 rings (SSSR count). The lowest BCUT2D eigenvalue weighted by molar-refractivity contribution is -0.131. The van der Waals surface area contributed by atoms with Gasteiger partial charge in [-0.2, -0.15) is 0 Å². The van der Waals surface area contributed by atoms with E-state index in [4.69, 9.17) is 5.73 Å². The van der Waals surface area contributed by atoms with Crippen molar-refractivity contribution in [3.8, 4) is 0 Å². The maximum Gasteiger partial charge on any atom is 0.248 e. The molecule has 136 valence electrons. The van der Waals surface area contributed by atoms with E-state index in [1.165, 1.54) is 0 Å². The van der Waals surface area contributed by atoms with Crippen LogP contribution < -0.4 is 11.1 Å². The maximum absolute atomic E-state index is 12.8. The Morgan fingerprint density at radius 2 is 2.04 bits per heavy atom. The van der Waals surface area contributed by atoms with Gasteiger partial charge in [0, 0.05) is 30.4 Å². The highest BCUT2D eigenvalue weighted by atomic mass is 16.2. The second-order valence-corrected chi connectivity index (χ2v) is 6.63. The summed E-state index contributed by atoms with van der Waals surface area (Å²) in [5.41, 5.74) is 7.47. The Hall–Kier alpha value is -2.89. The number of hydrogen-bond donors (Lipinski definition) is 2. The summed E-state index contributed by atoms with van der Waals surface area (Å²) in [6.45, 7) is 3.36. The summed E-state index contributed by atoms with van der Waals surface area (Å²) in [7, 11) is 0. The summed E-state index contributed by atoms with van der Waals surface area (Å²) >= 11 is 0. The van der Waals surface area contributed by atoms with Crippen molar-refractivity contribution in [2.75, 3.05) is 18.4 Å². The molecule has 26 heavy (non-hydrogen) atoms. The Kier molecular flexibility index (Phi) is 5.51. The number of anilines is 1. The zero-order chi connectivity index (χ0) is 18.5. The number of nitrogens with two attached hydrogens (primary N) is 1. The van der Waals surface area contributed by atoms with Crippen molar-refractivity contribution in [2.24, 2.45) is 5.73 Å². The quantitative estimate of drug-likeness (QED) is 0.834. The Morgan fingerprint density at radius 3 is 2.81 bits per heavy atom. The van der Waals surface area contributed by atoms with E-state index in [1.54, 1.807) is 18.2 Å². The van der Waals surface area contributed by atoms with E-state index >= 15 is 0 Å². The number of rotatable bonds is 6. The first-order valence-electron chi connectivity index (χ1n) is 8.89. The van der Waals surface area contributed by atoms with Crippen molar-refractivity contribution in [1.82, 2.24) is 9.88 Å². The van der Waals surface area contributed by atoms with Gasteiger partial charge < -0.3 is 16.0 Å². The third kappa shape index (κ3) is 4.20. The van der Waals surface area contributed by atoms with Crippen LogP contribution in [0.4, 0.5) is 5.82 Å². The van der Waals surface area contributed by atoms with Gasteiger partial charge in [0.05, 0.1) is 6.42 Å². The normalized spacial score (nSPS) is 16.5. The summed E-state index contributed by atoms with van der Waals surface area (Å²) in [4.78, 5) is 30.7. The first kappa shape index (κ1) is 17.9. The lowest BCUT2D eigenvalue weighted by Crippen LogP contribution is -2.40. The molecular weight excluding hydrogens is 328 g/mol. The molecule has 1 unspecified atom stereocenters. The second kappa shape index (κ2) is 7.99. The number of aryl methyl sites for hydroxylation is 1. The predicted molar refractivity (Wildman–Crippen MR) is 101 cm³/mol. The molecule has 1 aliphatic heterocycles. The van der Waals surface area contributed by atoms with Gasteiger partial charge in [0.2, 0.25) is 11.8 Å². The SMILES string of the molecule is Cc1cccc(NCC2CCCN2C(=O)Cc2ccccc2C(N)=O)n1. The fraction of sp³-hybridized carbons (Fsp3) is 0.350. The zero-order valence-electron chi connectivity index (χ0n) is 14.9. The van der Waals surface area contributed by atoms with Gasteiger partial charge in [-0.25, -0.2) is 4.98 Å². The minimum Gasteiger partial charge on any atom is -0.368 e. The smallest absolute Gasteiger partial charge is 0.248 e. The van der Waals surface area contributed by atoms with E-state index in [0.717, 1.165) is 30.9 Å². The predicted octanol–water partition coefficient (Wildman–Crippen LogP) is 2.13. The van der Waals surface area contributed by atoms with E-state index in [1.807, 2.05) is 36.1 Å². The third-order valence-corrected chi connectivity index (χ3v) is 4.73. The van der Waals surface area contributed by atoms with Crippen LogP contribution in [-0.4, -0.2) is 40.8 Å². The molecule has 1 aromatic carbocycles. The molecule has 0 bridgehead atoms. The van der Waals surface area contributed by atoms with Gasteiger partial charge in [-0.1, -0.05) is 24.3 Å². The number of carbonyl (C=O) groups is 2. The highest BCUT2D eigenvalue weighted by Gasteiger charge is 2.29. The number of hydrogen-bond acceptors (Lipinski definition) is 4. The molecule has 6 nitrogen and oxygen atoms in total. The van der Waals surface area contributed by atoms with E-state index < -0.39 is 5.91 Å². The van der Waals surface area contributed by atoms with Crippen molar-refractivity contribution < 1.29 is 9.59 Å². The molecule has 1 aliphatic rings. The van der Waals surface area contributed by atoms with E-state index in [9.17, 15) is 9.59 Å². The van der Waals surface area contributed by atoms with E-state index in [2.05, 4.69) is 10.3 Å². The van der Waals surface area contributed by atoms with Crippen LogP contribution in [0, 0.1) is 6.92 Å². The number of pyridine rings is 1. The van der Waals surface area contributed by atoms with Crippen molar-refractivity contribution >= 4 is 17.6 Å². The Labute approximate surface area is 153 Å². The molecule has 0 aliphatic carbocycles. The standard InChI is InChI=1S/C20H24N4O2/c1-14-6-4-10-18(23-14)22-13-16-8-5-11-24(16)19(25)12-15-7-2-3-9-17(15)20(21)26/h2-4,6-7,9-10,16H,5,8,11-13H2,1H3,(H2,21,26)(H,22,23). The number of primary amides is 1. The van der Waals surface area contributed by atoms with Gasteiger partial charge in [0.15, 0.2) is 0 Å². The Bertz CT molecular complexity index is 806. The number of likely N-dealkylation sites (tertiary alicyclic amines) is 1. The lowest BCUT2D eigenvalue weighted by atomic mass is 10.0. The fourth-order valence-electron chi connectivity index (χ4n) is 3.42. The summed E-state index contributed by atoms with van der Waals surface area (Å²) in [6.07, 6.45) is 2.14. The van der Waals surface area contributed by atoms with Crippen molar-refractivity contribution in [2.45, 2.75) is 32.2 Å². The van der Waals surface area contributed by atoms with Gasteiger partial charge in [0.25, 0.3) is 0 Å². The number of benzene rings is 1. The molecule has 2 aromatic rings. The molecule has 1 saturated heterocycles. The first-order valence-corrected chi connectivity index (χ1v) is 8.89. The van der Waals surface area contributed by atoms with Crippen LogP contribution in [0.2, 0.25) is 0 Å². The molecular formula is C20H24N4O2. The van der Waals surface area contributed by atoms with Gasteiger partial charge in [-0.3, -0.25) is 9.59 Å². The van der Waals surface area contributed by atoms with Gasteiger partial charge >= 0.3 is 0 Å². The molecule has 2 amide bonds. The molecule has 0 spiro atoms. The van der Waals surface area contributed by atoms with Crippen LogP contribution in [0.3, 0.4) is 0 Å². The average molecular weight is 352 g/mol. The van der Waals surface area contributed by atoms with Crippen molar-refractivity contribution in [1.29, 1.82) is 0 Å². The number of nitrogens with one attached hydrogen (secondary N) is 1. The average Bonchev–Trinajstić information content (AvgIpc) is 3.09. The fourth-order valence-corrected chi connectivity index (χ4v) is 3.42. The minimum absolute atomic E-state index is 0.0280. The third-order valence-electron chi connectivity index (χ3n) is 4.73. The summed E-state index contributed by atoms with van der Waals surface area (Å²) in [5, 5.41) is 3.33. The van der Waals surface area contributed by atoms with Crippen molar-refractivity contribution in [3.63, 3.8) is 0 Å². The monoisotopic (exact) mass is 352 g/mol. The largest absolute Gasteiger partial charge is 0.368 e. The van der Waals surface area contributed by atoms with Crippen molar-refractivity contribution in [3.05, 3.63) is 59.3 Å². The molecule has 1 fully saturated rings. The number of amides is 2. The summed E-state index contributed by atoms with van der Waals surface area (Å²) in [6, 6.07) is 13.0. The van der Waals surface area contributed by atoms with Gasteiger partial charge in [-0.05, 0) is 43.5 Å². The van der Waals surface area contributed by atoms with E-state index in [-0.39, 0.29) is 18.4 Å². The minimum atomic E-state index is -0.501. The molecule has 0 saturated carbocycles. The first-order chi connectivity index (χ1) is 12.5.